The Hall–Kier alpha value is -1.55. The normalized spacial score (nSPS) is 16.6. The zero-order chi connectivity index (χ0) is 13.9. The highest BCUT2D eigenvalue weighted by Gasteiger charge is 2.40. The van der Waals surface area contributed by atoms with Crippen molar-refractivity contribution >= 4 is 11.6 Å². The fourth-order valence-electron chi connectivity index (χ4n) is 2.10. The third kappa shape index (κ3) is 3.07. The van der Waals surface area contributed by atoms with Gasteiger partial charge in [-0.1, -0.05) is 13.0 Å². The zero-order valence-corrected chi connectivity index (χ0v) is 11.7. The highest BCUT2D eigenvalue weighted by atomic mass is 16.5. The standard InChI is InChI=1S/C15H22N2O2/c1-3-9-19-13-10-11(2)5-6-12(13)17-14(18)15(16)7-4-8-15/h5-6,10H,3-4,7-9,16H2,1-2H3,(H,17,18). The predicted molar refractivity (Wildman–Crippen MR) is 76.4 cm³/mol. The van der Waals surface area contributed by atoms with E-state index in [1.165, 1.54) is 0 Å². The molecular weight excluding hydrogens is 240 g/mol. The minimum atomic E-state index is -0.688. The molecule has 0 saturated heterocycles. The number of ether oxygens (including phenoxy) is 1. The van der Waals surface area contributed by atoms with Crippen LogP contribution < -0.4 is 15.8 Å². The van der Waals surface area contributed by atoms with Gasteiger partial charge in [0.1, 0.15) is 5.75 Å². The molecule has 0 unspecified atom stereocenters. The maximum Gasteiger partial charge on any atom is 0.244 e. The fraction of sp³-hybridized carbons (Fsp3) is 0.533. The zero-order valence-electron chi connectivity index (χ0n) is 11.7. The van der Waals surface area contributed by atoms with Crippen molar-refractivity contribution in [2.45, 2.75) is 45.1 Å². The third-order valence-electron chi connectivity index (χ3n) is 3.54. The monoisotopic (exact) mass is 262 g/mol. The molecular formula is C15H22N2O2. The van der Waals surface area contributed by atoms with Crippen LogP contribution in [0.2, 0.25) is 0 Å². The lowest BCUT2D eigenvalue weighted by Crippen LogP contribution is -2.56. The average molecular weight is 262 g/mol. The molecule has 0 bridgehead atoms. The van der Waals surface area contributed by atoms with Gasteiger partial charge in [-0.25, -0.2) is 0 Å². The first-order valence-electron chi connectivity index (χ1n) is 6.89. The minimum Gasteiger partial charge on any atom is -0.491 e. The van der Waals surface area contributed by atoms with Crippen LogP contribution in [0.1, 0.15) is 38.2 Å². The van der Waals surface area contributed by atoms with Crippen LogP contribution in [0.3, 0.4) is 0 Å². The molecule has 19 heavy (non-hydrogen) atoms. The van der Waals surface area contributed by atoms with Gasteiger partial charge < -0.3 is 15.8 Å². The number of benzene rings is 1. The summed E-state index contributed by atoms with van der Waals surface area (Å²) >= 11 is 0. The maximum atomic E-state index is 12.1. The fourth-order valence-corrected chi connectivity index (χ4v) is 2.10. The molecule has 3 N–H and O–H groups in total. The summed E-state index contributed by atoms with van der Waals surface area (Å²) in [6.07, 6.45) is 3.48. The van der Waals surface area contributed by atoms with Crippen LogP contribution in [0.15, 0.2) is 18.2 Å². The summed E-state index contributed by atoms with van der Waals surface area (Å²) in [7, 11) is 0. The number of hydrogen-bond acceptors (Lipinski definition) is 3. The molecule has 0 atom stereocenters. The Kier molecular flexibility index (Phi) is 4.10. The lowest BCUT2D eigenvalue weighted by Gasteiger charge is -2.36. The van der Waals surface area contributed by atoms with E-state index in [4.69, 9.17) is 10.5 Å². The van der Waals surface area contributed by atoms with Gasteiger partial charge in [-0.2, -0.15) is 0 Å². The van der Waals surface area contributed by atoms with Crippen molar-refractivity contribution in [2.24, 2.45) is 5.73 Å². The van der Waals surface area contributed by atoms with E-state index in [9.17, 15) is 4.79 Å². The maximum absolute atomic E-state index is 12.1. The Bertz CT molecular complexity index is 467. The summed E-state index contributed by atoms with van der Waals surface area (Å²) in [5, 5.41) is 2.90. The number of rotatable bonds is 5. The SMILES string of the molecule is CCCOc1cc(C)ccc1NC(=O)C1(N)CCC1. The lowest BCUT2D eigenvalue weighted by molar-refractivity contribution is -0.123. The van der Waals surface area contributed by atoms with E-state index in [1.807, 2.05) is 25.1 Å². The van der Waals surface area contributed by atoms with Crippen molar-refractivity contribution in [1.29, 1.82) is 0 Å². The third-order valence-corrected chi connectivity index (χ3v) is 3.54. The van der Waals surface area contributed by atoms with Crippen LogP contribution in [0, 0.1) is 6.92 Å². The molecule has 1 aromatic carbocycles. The highest BCUT2D eigenvalue weighted by molar-refractivity contribution is 5.99. The topological polar surface area (TPSA) is 64.3 Å². The van der Waals surface area contributed by atoms with E-state index >= 15 is 0 Å². The van der Waals surface area contributed by atoms with E-state index in [1.54, 1.807) is 0 Å². The van der Waals surface area contributed by atoms with Gasteiger partial charge in [-0.3, -0.25) is 4.79 Å². The summed E-state index contributed by atoms with van der Waals surface area (Å²) in [6.45, 7) is 4.69. The smallest absolute Gasteiger partial charge is 0.244 e. The summed E-state index contributed by atoms with van der Waals surface area (Å²) < 4.78 is 5.68. The Labute approximate surface area is 114 Å². The van der Waals surface area contributed by atoms with E-state index in [-0.39, 0.29) is 5.91 Å². The number of amides is 1. The molecule has 0 radical (unpaired) electrons. The molecule has 1 amide bonds. The molecule has 104 valence electrons. The quantitative estimate of drug-likeness (QED) is 0.857. The summed E-state index contributed by atoms with van der Waals surface area (Å²) in [5.74, 6) is 0.613. The van der Waals surface area contributed by atoms with Crippen LogP contribution in [-0.4, -0.2) is 18.1 Å². The van der Waals surface area contributed by atoms with E-state index < -0.39 is 5.54 Å². The van der Waals surface area contributed by atoms with Gasteiger partial charge in [-0.15, -0.1) is 0 Å². The number of nitrogens with two attached hydrogens (primary N) is 1. The van der Waals surface area contributed by atoms with Crippen molar-refractivity contribution in [3.05, 3.63) is 23.8 Å². The second-order valence-electron chi connectivity index (χ2n) is 5.31. The molecule has 1 fully saturated rings. The van der Waals surface area contributed by atoms with Crippen LogP contribution in [0.4, 0.5) is 5.69 Å². The van der Waals surface area contributed by atoms with E-state index in [0.29, 0.717) is 12.3 Å². The molecule has 0 aromatic heterocycles. The van der Waals surface area contributed by atoms with Gasteiger partial charge in [0.15, 0.2) is 0 Å². The first-order valence-corrected chi connectivity index (χ1v) is 6.89. The average Bonchev–Trinajstić information content (AvgIpc) is 2.36. The predicted octanol–water partition coefficient (Wildman–Crippen LogP) is 2.60. The van der Waals surface area contributed by atoms with Gasteiger partial charge in [-0.05, 0) is 50.3 Å². The van der Waals surface area contributed by atoms with Gasteiger partial charge >= 0.3 is 0 Å². The molecule has 4 heteroatoms. The highest BCUT2D eigenvalue weighted by Crippen LogP contribution is 2.32. The largest absolute Gasteiger partial charge is 0.491 e. The molecule has 0 aliphatic heterocycles. The molecule has 1 aromatic rings. The van der Waals surface area contributed by atoms with Gasteiger partial charge in [0.05, 0.1) is 17.8 Å². The molecule has 1 saturated carbocycles. The summed E-state index contributed by atoms with van der Waals surface area (Å²) in [4.78, 5) is 12.1. The molecule has 0 spiro atoms. The number of nitrogens with one attached hydrogen (secondary N) is 1. The van der Waals surface area contributed by atoms with E-state index in [0.717, 1.165) is 37.0 Å². The number of carbonyl (C=O) groups excluding carboxylic acids is 1. The van der Waals surface area contributed by atoms with Crippen molar-refractivity contribution < 1.29 is 9.53 Å². The minimum absolute atomic E-state index is 0.107. The lowest BCUT2D eigenvalue weighted by atomic mass is 9.77. The number of hydrogen-bond donors (Lipinski definition) is 2. The molecule has 1 aliphatic carbocycles. The summed E-state index contributed by atoms with van der Waals surface area (Å²) in [6, 6.07) is 5.77. The number of aryl methyl sites for hydroxylation is 1. The molecule has 0 heterocycles. The molecule has 1 aliphatic rings. The van der Waals surface area contributed by atoms with Gasteiger partial charge in [0, 0.05) is 0 Å². The van der Waals surface area contributed by atoms with Crippen molar-refractivity contribution in [1.82, 2.24) is 0 Å². The second kappa shape index (κ2) is 5.61. The van der Waals surface area contributed by atoms with Crippen LogP contribution in [-0.2, 0) is 4.79 Å². The molecule has 2 rings (SSSR count). The summed E-state index contributed by atoms with van der Waals surface area (Å²) in [5.41, 5.74) is 7.15. The molecule has 4 nitrogen and oxygen atoms in total. The van der Waals surface area contributed by atoms with Crippen LogP contribution in [0.25, 0.3) is 0 Å². The van der Waals surface area contributed by atoms with Crippen LogP contribution in [0.5, 0.6) is 5.75 Å². The van der Waals surface area contributed by atoms with E-state index in [2.05, 4.69) is 12.2 Å². The van der Waals surface area contributed by atoms with Crippen LogP contribution >= 0.6 is 0 Å². The van der Waals surface area contributed by atoms with Gasteiger partial charge in [0.25, 0.3) is 0 Å². The van der Waals surface area contributed by atoms with Crippen molar-refractivity contribution in [2.75, 3.05) is 11.9 Å². The Morgan fingerprint density at radius 2 is 2.21 bits per heavy atom. The van der Waals surface area contributed by atoms with Crippen molar-refractivity contribution in [3.63, 3.8) is 0 Å². The Balaban J connectivity index is 2.12. The Morgan fingerprint density at radius 3 is 2.79 bits per heavy atom. The first-order chi connectivity index (χ1) is 9.05. The van der Waals surface area contributed by atoms with Crippen molar-refractivity contribution in [3.8, 4) is 5.75 Å². The van der Waals surface area contributed by atoms with Gasteiger partial charge in [0.2, 0.25) is 5.91 Å². The Morgan fingerprint density at radius 1 is 1.47 bits per heavy atom. The number of carbonyl (C=O) groups is 1. The number of anilines is 1. The first kappa shape index (κ1) is 13.9. The second-order valence-corrected chi connectivity index (χ2v) is 5.31.